The van der Waals surface area contributed by atoms with Gasteiger partial charge < -0.3 is 29.9 Å². The van der Waals surface area contributed by atoms with Gasteiger partial charge in [0, 0.05) is 50.9 Å². The number of nitrogens with one attached hydrogen (secondary N) is 1. The third-order valence-corrected chi connectivity index (χ3v) is 8.64. The fourth-order valence-corrected chi connectivity index (χ4v) is 5.95. The summed E-state index contributed by atoms with van der Waals surface area (Å²) >= 11 is 0. The molecule has 4 atom stereocenters. The lowest BCUT2D eigenvalue weighted by atomic mass is 10.0. The number of nitrogens with zero attached hydrogens (tertiary/aromatic N) is 5. The molecule has 2 aliphatic heterocycles. The standard InChI is InChI=1S/C31H39FN6O6/c1-4-5-14-44-31(43)37-12-10-36(11-13-37)29(40)26(18(2)3)35-28(39)23-15-24(38-16-21-22(17-38)25(21)30(41)42)34-27(33-23)19-6-8-20(32)9-7-19/h6-9,15,18,21-22,25-26H,4-5,10-14,16-17H2,1-3H3,(H,35,39)(H,41,42)/t21-,22+,25?,26-/m0/s1. The van der Waals surface area contributed by atoms with E-state index in [1.807, 2.05) is 25.7 Å². The maximum Gasteiger partial charge on any atom is 0.409 e. The van der Waals surface area contributed by atoms with Crippen molar-refractivity contribution in [3.05, 3.63) is 41.8 Å². The summed E-state index contributed by atoms with van der Waals surface area (Å²) < 4.78 is 18.9. The van der Waals surface area contributed by atoms with Gasteiger partial charge in [-0.2, -0.15) is 0 Å². The number of aromatic nitrogens is 2. The van der Waals surface area contributed by atoms with Crippen molar-refractivity contribution < 1.29 is 33.4 Å². The van der Waals surface area contributed by atoms with E-state index in [9.17, 15) is 28.7 Å². The summed E-state index contributed by atoms with van der Waals surface area (Å²) in [5, 5.41) is 12.3. The van der Waals surface area contributed by atoms with Crippen LogP contribution in [0.15, 0.2) is 30.3 Å². The molecule has 1 aromatic carbocycles. The lowest BCUT2D eigenvalue weighted by Gasteiger charge is -2.36. The van der Waals surface area contributed by atoms with Crippen molar-refractivity contribution >= 4 is 29.7 Å². The summed E-state index contributed by atoms with van der Waals surface area (Å²) in [5.74, 6) is -1.89. The first-order valence-corrected chi connectivity index (χ1v) is 15.2. The molecule has 3 aliphatic rings. The average molecular weight is 611 g/mol. The molecule has 2 aromatic rings. The molecule has 0 radical (unpaired) electrons. The smallest absolute Gasteiger partial charge is 0.409 e. The molecule has 5 rings (SSSR count). The molecule has 3 amide bonds. The Hall–Kier alpha value is -4.29. The normalized spacial score (nSPS) is 21.6. The first kappa shape index (κ1) is 31.1. The van der Waals surface area contributed by atoms with E-state index in [1.54, 1.807) is 15.9 Å². The van der Waals surface area contributed by atoms with E-state index in [0.717, 1.165) is 12.8 Å². The van der Waals surface area contributed by atoms with E-state index in [0.29, 0.717) is 57.3 Å². The molecule has 12 nitrogen and oxygen atoms in total. The molecular weight excluding hydrogens is 571 g/mol. The summed E-state index contributed by atoms with van der Waals surface area (Å²) in [4.78, 5) is 65.3. The van der Waals surface area contributed by atoms with Crippen LogP contribution in [0, 0.1) is 29.5 Å². The Morgan fingerprint density at radius 2 is 1.66 bits per heavy atom. The first-order chi connectivity index (χ1) is 21.1. The SMILES string of the molecule is CCCCOC(=O)N1CCN(C(=O)[C@@H](NC(=O)c2cc(N3C[C@@H]4C(C(=O)O)[C@@H]4C3)nc(-c3ccc(F)cc3)n2)C(C)C)CC1. The summed E-state index contributed by atoms with van der Waals surface area (Å²) in [6.45, 7) is 8.38. The van der Waals surface area contributed by atoms with Gasteiger partial charge >= 0.3 is 12.1 Å². The van der Waals surface area contributed by atoms with Crippen molar-refractivity contribution in [1.29, 1.82) is 0 Å². The predicted molar refractivity (Wildman–Crippen MR) is 158 cm³/mol. The van der Waals surface area contributed by atoms with Crippen LogP contribution in [0.25, 0.3) is 11.4 Å². The Kier molecular flexibility index (Phi) is 9.31. The van der Waals surface area contributed by atoms with Gasteiger partial charge in [0.15, 0.2) is 5.82 Å². The van der Waals surface area contributed by atoms with Crippen molar-refractivity contribution in [2.45, 2.75) is 39.7 Å². The van der Waals surface area contributed by atoms with Crippen molar-refractivity contribution in [3.8, 4) is 11.4 Å². The Morgan fingerprint density at radius 3 is 2.25 bits per heavy atom. The van der Waals surface area contributed by atoms with E-state index in [1.165, 1.54) is 24.3 Å². The molecular formula is C31H39FN6O6. The molecule has 3 fully saturated rings. The van der Waals surface area contributed by atoms with Gasteiger partial charge in [0.05, 0.1) is 12.5 Å². The number of aliphatic carboxylic acids is 1. The number of hydrogen-bond acceptors (Lipinski definition) is 8. The predicted octanol–water partition coefficient (Wildman–Crippen LogP) is 2.88. The fourth-order valence-electron chi connectivity index (χ4n) is 5.95. The van der Waals surface area contributed by atoms with Crippen LogP contribution in [-0.2, 0) is 14.3 Å². The number of fused-ring (bicyclic) bond motifs is 1. The number of carbonyl (C=O) groups excluding carboxylic acids is 3. The lowest BCUT2D eigenvalue weighted by Crippen LogP contribution is -2.57. The molecule has 3 heterocycles. The Balaban J connectivity index is 1.30. The minimum Gasteiger partial charge on any atom is -0.481 e. The zero-order chi connectivity index (χ0) is 31.5. The van der Waals surface area contributed by atoms with Gasteiger partial charge in [-0.1, -0.05) is 27.2 Å². The number of piperidine rings is 1. The quantitative estimate of drug-likeness (QED) is 0.388. The highest BCUT2D eigenvalue weighted by Gasteiger charge is 2.60. The highest BCUT2D eigenvalue weighted by Crippen LogP contribution is 2.52. The van der Waals surface area contributed by atoms with E-state index in [-0.39, 0.29) is 47.2 Å². The van der Waals surface area contributed by atoms with Gasteiger partial charge in [0.2, 0.25) is 5.91 Å². The minimum absolute atomic E-state index is 0.0237. The molecule has 1 aliphatic carbocycles. The highest BCUT2D eigenvalue weighted by atomic mass is 19.1. The van der Waals surface area contributed by atoms with Gasteiger partial charge in [-0.15, -0.1) is 0 Å². The number of rotatable bonds is 10. The average Bonchev–Trinajstić information content (AvgIpc) is 3.53. The maximum absolute atomic E-state index is 13.6. The maximum atomic E-state index is 13.6. The zero-order valence-corrected chi connectivity index (χ0v) is 25.2. The van der Waals surface area contributed by atoms with Gasteiger partial charge in [0.1, 0.15) is 23.4 Å². The third-order valence-electron chi connectivity index (χ3n) is 8.64. The summed E-state index contributed by atoms with van der Waals surface area (Å²) in [5.41, 5.74) is 0.556. The second kappa shape index (κ2) is 13.1. The number of unbranched alkanes of at least 4 members (excludes halogenated alkanes) is 1. The van der Waals surface area contributed by atoms with Crippen LogP contribution in [0.5, 0.6) is 0 Å². The second-order valence-corrected chi connectivity index (χ2v) is 12.0. The number of halogens is 1. The number of anilines is 1. The van der Waals surface area contributed by atoms with E-state index in [4.69, 9.17) is 4.74 Å². The van der Waals surface area contributed by atoms with Crippen molar-refractivity contribution in [1.82, 2.24) is 25.1 Å². The minimum atomic E-state index is -0.839. The third kappa shape index (κ3) is 6.76. The van der Waals surface area contributed by atoms with E-state index in [2.05, 4.69) is 15.3 Å². The van der Waals surface area contributed by atoms with Gasteiger partial charge in [0.25, 0.3) is 5.91 Å². The van der Waals surface area contributed by atoms with Crippen molar-refractivity contribution in [2.75, 3.05) is 50.8 Å². The van der Waals surface area contributed by atoms with Crippen LogP contribution < -0.4 is 10.2 Å². The van der Waals surface area contributed by atoms with Gasteiger partial charge in [-0.05, 0) is 48.4 Å². The van der Waals surface area contributed by atoms with E-state index < -0.39 is 23.7 Å². The van der Waals surface area contributed by atoms with Crippen LogP contribution in [0.3, 0.4) is 0 Å². The molecule has 1 aromatic heterocycles. The Labute approximate surface area is 255 Å². The first-order valence-electron chi connectivity index (χ1n) is 15.2. The molecule has 1 saturated carbocycles. The largest absolute Gasteiger partial charge is 0.481 e. The zero-order valence-electron chi connectivity index (χ0n) is 25.2. The number of benzene rings is 1. The fraction of sp³-hybridized carbons (Fsp3) is 0.548. The number of carboxylic acid groups (broad SMARTS) is 1. The molecule has 13 heteroatoms. The van der Waals surface area contributed by atoms with Gasteiger partial charge in [-0.3, -0.25) is 14.4 Å². The number of amides is 3. The summed E-state index contributed by atoms with van der Waals surface area (Å²) in [6.07, 6.45) is 1.34. The second-order valence-electron chi connectivity index (χ2n) is 12.0. The number of carbonyl (C=O) groups is 4. The van der Waals surface area contributed by atoms with Crippen LogP contribution in [0.4, 0.5) is 15.0 Å². The van der Waals surface area contributed by atoms with E-state index >= 15 is 0 Å². The lowest BCUT2D eigenvalue weighted by molar-refractivity contribution is -0.139. The molecule has 0 spiro atoms. The monoisotopic (exact) mass is 610 g/mol. The van der Waals surface area contributed by atoms with Crippen LogP contribution in [0.1, 0.15) is 44.1 Å². The molecule has 44 heavy (non-hydrogen) atoms. The number of carboxylic acids is 1. The number of hydrogen-bond donors (Lipinski definition) is 2. The number of piperazine rings is 1. The van der Waals surface area contributed by atoms with Crippen molar-refractivity contribution in [3.63, 3.8) is 0 Å². The Morgan fingerprint density at radius 1 is 1.02 bits per heavy atom. The summed E-state index contributed by atoms with van der Waals surface area (Å²) in [6, 6.07) is 6.33. The highest BCUT2D eigenvalue weighted by molar-refractivity contribution is 5.97. The summed E-state index contributed by atoms with van der Waals surface area (Å²) in [7, 11) is 0. The molecule has 0 bridgehead atoms. The van der Waals surface area contributed by atoms with Gasteiger partial charge in [-0.25, -0.2) is 19.2 Å². The molecule has 1 unspecified atom stereocenters. The molecule has 2 saturated heterocycles. The Bertz CT molecular complexity index is 1380. The van der Waals surface area contributed by atoms with Crippen molar-refractivity contribution in [2.24, 2.45) is 23.7 Å². The van der Waals surface area contributed by atoms with Crippen LogP contribution in [-0.4, -0.2) is 101 Å². The number of ether oxygens (including phenoxy) is 1. The van der Waals surface area contributed by atoms with Crippen LogP contribution in [0.2, 0.25) is 0 Å². The molecule has 236 valence electrons. The molecule has 2 N–H and O–H groups in total. The van der Waals surface area contributed by atoms with Crippen LogP contribution >= 0.6 is 0 Å². The topological polar surface area (TPSA) is 145 Å².